The normalized spacial score (nSPS) is 18.1. The molecule has 7 nitrogen and oxygen atoms in total. The minimum atomic E-state index is -1.01. The summed E-state index contributed by atoms with van der Waals surface area (Å²) >= 11 is 1.57. The van der Waals surface area contributed by atoms with Crippen molar-refractivity contribution in [1.29, 1.82) is 0 Å². The second kappa shape index (κ2) is 16.3. The molecule has 8 heteroatoms. The Kier molecular flexibility index (Phi) is 12.5. The van der Waals surface area contributed by atoms with E-state index in [2.05, 4.69) is 10.2 Å². The highest BCUT2D eigenvalue weighted by Crippen LogP contribution is 2.31. The molecular formula is C33H46N2O5S. The first-order valence-corrected chi connectivity index (χ1v) is 16.5. The van der Waals surface area contributed by atoms with E-state index in [1.165, 1.54) is 32.1 Å². The summed E-state index contributed by atoms with van der Waals surface area (Å²) in [5, 5.41) is 12.4. The summed E-state index contributed by atoms with van der Waals surface area (Å²) in [7, 11) is 0. The lowest BCUT2D eigenvalue weighted by Gasteiger charge is -2.33. The molecule has 2 N–H and O–H groups in total. The third-order valence-electron chi connectivity index (χ3n) is 8.35. The van der Waals surface area contributed by atoms with Crippen molar-refractivity contribution in [3.05, 3.63) is 59.2 Å². The molecule has 0 unspecified atom stereocenters. The topological polar surface area (TPSA) is 88.1 Å². The van der Waals surface area contributed by atoms with E-state index in [-0.39, 0.29) is 12.0 Å². The Hall–Kier alpha value is -2.39. The number of morpholine rings is 1. The van der Waals surface area contributed by atoms with Crippen molar-refractivity contribution in [3.63, 3.8) is 0 Å². The maximum Gasteiger partial charge on any atom is 0.326 e. The van der Waals surface area contributed by atoms with Crippen LogP contribution in [0.4, 0.5) is 0 Å². The van der Waals surface area contributed by atoms with Crippen molar-refractivity contribution in [2.24, 2.45) is 5.92 Å². The Balaban J connectivity index is 1.53. The molecule has 0 bridgehead atoms. The third-order valence-corrected chi connectivity index (χ3v) is 8.99. The van der Waals surface area contributed by atoms with Gasteiger partial charge in [0, 0.05) is 25.2 Å². The number of ether oxygens (including phenoxy) is 2. The first-order chi connectivity index (χ1) is 19.9. The van der Waals surface area contributed by atoms with Gasteiger partial charge in [0.05, 0.1) is 25.9 Å². The standard InChI is InChI=1S/C33H46N2O5S/c1-24-8-6-7-11-28(24)30-21-26(12-13-29(30)32(36)34-31(33(37)38)14-19-41-2)23-40-27(20-25-9-4-3-5-10-25)22-35-15-17-39-18-16-35/h6-8,11-13,21,25,27,31H,3-5,9-10,14-20,22-23H2,1-2H3,(H,34,36)(H,37,38)/t27-,31-/m0/s1. The van der Waals surface area contributed by atoms with E-state index in [4.69, 9.17) is 9.47 Å². The highest BCUT2D eigenvalue weighted by atomic mass is 32.2. The number of aryl methyl sites for hydroxylation is 1. The van der Waals surface area contributed by atoms with E-state index < -0.39 is 12.0 Å². The molecule has 1 aliphatic carbocycles. The summed E-state index contributed by atoms with van der Waals surface area (Å²) < 4.78 is 12.2. The number of benzene rings is 2. The Morgan fingerprint density at radius 3 is 2.56 bits per heavy atom. The second-order valence-electron chi connectivity index (χ2n) is 11.4. The fourth-order valence-corrected chi connectivity index (χ4v) is 6.45. The van der Waals surface area contributed by atoms with Gasteiger partial charge in [-0.25, -0.2) is 4.79 Å². The molecule has 1 saturated heterocycles. The summed E-state index contributed by atoms with van der Waals surface area (Å²) in [6.45, 7) is 6.85. The molecule has 41 heavy (non-hydrogen) atoms. The van der Waals surface area contributed by atoms with Crippen LogP contribution in [-0.4, -0.2) is 78.9 Å². The smallest absolute Gasteiger partial charge is 0.326 e. The van der Waals surface area contributed by atoms with Crippen molar-refractivity contribution < 1.29 is 24.2 Å². The Labute approximate surface area is 249 Å². The summed E-state index contributed by atoms with van der Waals surface area (Å²) in [6.07, 6.45) is 10.1. The Bertz CT molecular complexity index is 1110. The number of thioether (sulfide) groups is 1. The van der Waals surface area contributed by atoms with E-state index in [1.807, 2.05) is 55.6 Å². The van der Waals surface area contributed by atoms with Crippen LogP contribution in [0.1, 0.15) is 66.4 Å². The number of amides is 1. The molecule has 2 atom stereocenters. The molecule has 1 amide bonds. The number of carboxylic acids is 1. The number of carbonyl (C=O) groups is 2. The lowest BCUT2D eigenvalue weighted by Crippen LogP contribution is -2.42. The largest absolute Gasteiger partial charge is 0.480 e. The molecule has 224 valence electrons. The number of carbonyl (C=O) groups excluding carboxylic acids is 1. The highest BCUT2D eigenvalue weighted by Gasteiger charge is 2.25. The SMILES string of the molecule is CSCC[C@H](NC(=O)c1ccc(CO[C@@H](CC2CCCCC2)CN2CCOCC2)cc1-c1ccccc1C)C(=O)O. The maximum absolute atomic E-state index is 13.4. The van der Waals surface area contributed by atoms with Crippen LogP contribution in [0.2, 0.25) is 0 Å². The van der Waals surface area contributed by atoms with E-state index in [9.17, 15) is 14.7 Å². The fourth-order valence-electron chi connectivity index (χ4n) is 5.98. The van der Waals surface area contributed by atoms with Gasteiger partial charge in [-0.2, -0.15) is 11.8 Å². The van der Waals surface area contributed by atoms with E-state index in [0.29, 0.717) is 24.3 Å². The number of hydrogen-bond acceptors (Lipinski definition) is 6. The predicted octanol–water partition coefficient (Wildman–Crippen LogP) is 5.79. The number of aliphatic carboxylic acids is 1. The third kappa shape index (κ3) is 9.57. The molecule has 1 aliphatic heterocycles. The number of hydrogen-bond donors (Lipinski definition) is 2. The molecule has 2 aromatic rings. The van der Waals surface area contributed by atoms with Gasteiger partial charge in [-0.05, 0) is 72.1 Å². The summed E-state index contributed by atoms with van der Waals surface area (Å²) in [5.41, 5.74) is 4.30. The first-order valence-electron chi connectivity index (χ1n) is 15.1. The molecule has 0 aromatic heterocycles. The van der Waals surface area contributed by atoms with Gasteiger partial charge < -0.3 is 19.9 Å². The van der Waals surface area contributed by atoms with Crippen LogP contribution >= 0.6 is 11.8 Å². The van der Waals surface area contributed by atoms with Crippen LogP contribution in [0.3, 0.4) is 0 Å². The molecular weight excluding hydrogens is 536 g/mol. The number of nitrogens with zero attached hydrogens (tertiary/aromatic N) is 1. The minimum absolute atomic E-state index is 0.147. The Morgan fingerprint density at radius 2 is 1.85 bits per heavy atom. The average Bonchev–Trinajstić information content (AvgIpc) is 2.99. The number of carboxylic acid groups (broad SMARTS) is 1. The van der Waals surface area contributed by atoms with Gasteiger partial charge in [0.1, 0.15) is 6.04 Å². The van der Waals surface area contributed by atoms with E-state index in [1.54, 1.807) is 11.8 Å². The first kappa shape index (κ1) is 31.5. The molecule has 2 aliphatic rings. The average molecular weight is 583 g/mol. The monoisotopic (exact) mass is 582 g/mol. The van der Waals surface area contributed by atoms with Gasteiger partial charge in [-0.15, -0.1) is 0 Å². The van der Waals surface area contributed by atoms with Crippen molar-refractivity contribution in [1.82, 2.24) is 10.2 Å². The van der Waals surface area contributed by atoms with Crippen LogP contribution in [-0.2, 0) is 20.9 Å². The zero-order chi connectivity index (χ0) is 29.0. The van der Waals surface area contributed by atoms with Gasteiger partial charge >= 0.3 is 5.97 Å². The van der Waals surface area contributed by atoms with Crippen molar-refractivity contribution >= 4 is 23.6 Å². The van der Waals surface area contributed by atoms with Gasteiger partial charge in [0.25, 0.3) is 5.91 Å². The van der Waals surface area contributed by atoms with Crippen LogP contribution in [0, 0.1) is 12.8 Å². The van der Waals surface area contributed by atoms with Gasteiger partial charge in [0.15, 0.2) is 0 Å². The van der Waals surface area contributed by atoms with Crippen molar-refractivity contribution in [3.8, 4) is 11.1 Å². The van der Waals surface area contributed by atoms with Crippen LogP contribution in [0.5, 0.6) is 0 Å². The van der Waals surface area contributed by atoms with Crippen LogP contribution < -0.4 is 5.32 Å². The molecule has 1 saturated carbocycles. The summed E-state index contributed by atoms with van der Waals surface area (Å²) in [4.78, 5) is 27.7. The van der Waals surface area contributed by atoms with Crippen LogP contribution in [0.25, 0.3) is 11.1 Å². The highest BCUT2D eigenvalue weighted by molar-refractivity contribution is 7.98. The number of nitrogens with one attached hydrogen (secondary N) is 1. The Morgan fingerprint density at radius 1 is 1.10 bits per heavy atom. The zero-order valence-electron chi connectivity index (χ0n) is 24.6. The second-order valence-corrected chi connectivity index (χ2v) is 12.4. The lowest BCUT2D eigenvalue weighted by atomic mass is 9.85. The molecule has 1 heterocycles. The lowest BCUT2D eigenvalue weighted by molar-refractivity contribution is -0.139. The predicted molar refractivity (Wildman–Crippen MR) is 166 cm³/mol. The maximum atomic E-state index is 13.4. The number of rotatable bonds is 14. The summed E-state index contributed by atoms with van der Waals surface area (Å²) in [5.74, 6) is -0.00693. The van der Waals surface area contributed by atoms with E-state index in [0.717, 1.165) is 67.4 Å². The zero-order valence-corrected chi connectivity index (χ0v) is 25.4. The molecule has 0 radical (unpaired) electrons. The minimum Gasteiger partial charge on any atom is -0.480 e. The molecule has 2 aromatic carbocycles. The quantitative estimate of drug-likeness (QED) is 0.292. The molecule has 2 fully saturated rings. The van der Waals surface area contributed by atoms with Gasteiger partial charge in [0.2, 0.25) is 0 Å². The fraction of sp³-hybridized carbons (Fsp3) is 0.576. The summed E-state index contributed by atoms with van der Waals surface area (Å²) in [6, 6.07) is 12.9. The van der Waals surface area contributed by atoms with Crippen molar-refractivity contribution in [2.75, 3.05) is 44.9 Å². The van der Waals surface area contributed by atoms with Crippen LogP contribution in [0.15, 0.2) is 42.5 Å². The molecule has 0 spiro atoms. The van der Waals surface area contributed by atoms with Crippen molar-refractivity contribution in [2.45, 2.75) is 70.6 Å². The molecule has 4 rings (SSSR count). The van der Waals surface area contributed by atoms with Gasteiger partial charge in [-0.3, -0.25) is 9.69 Å². The van der Waals surface area contributed by atoms with E-state index >= 15 is 0 Å². The van der Waals surface area contributed by atoms with Gasteiger partial charge in [-0.1, -0.05) is 62.4 Å².